The van der Waals surface area contributed by atoms with Crippen molar-refractivity contribution in [3.63, 3.8) is 0 Å². The number of carbonyl (C=O) groups is 1. The van der Waals surface area contributed by atoms with Crippen molar-refractivity contribution in [2.75, 3.05) is 11.9 Å². The molecule has 0 unspecified atom stereocenters. The highest BCUT2D eigenvalue weighted by Gasteiger charge is 2.14. The zero-order chi connectivity index (χ0) is 12.3. The first-order chi connectivity index (χ1) is 7.29. The first kappa shape index (κ1) is 12.7. The van der Waals surface area contributed by atoms with Gasteiger partial charge in [-0.3, -0.25) is 9.89 Å². The summed E-state index contributed by atoms with van der Waals surface area (Å²) >= 11 is 0. The molecule has 16 heavy (non-hydrogen) atoms. The van der Waals surface area contributed by atoms with Crippen molar-refractivity contribution >= 4 is 11.6 Å². The highest BCUT2D eigenvalue weighted by Crippen LogP contribution is 2.16. The fourth-order valence-corrected chi connectivity index (χ4v) is 1.19. The standard InChI is InChI=1S/C11H19N3O2/c1-7-10(8(2)14-13-7)12-9(15)6-16-11(3,4)5/h6H2,1-5H3,(H,12,15)(H,13,14). The van der Waals surface area contributed by atoms with Gasteiger partial charge in [0.05, 0.1) is 22.7 Å². The number of rotatable bonds is 3. The molecular weight excluding hydrogens is 206 g/mol. The number of anilines is 1. The van der Waals surface area contributed by atoms with Gasteiger partial charge in [0.1, 0.15) is 6.61 Å². The average molecular weight is 225 g/mol. The van der Waals surface area contributed by atoms with E-state index in [4.69, 9.17) is 4.74 Å². The molecule has 0 saturated carbocycles. The molecule has 0 saturated heterocycles. The summed E-state index contributed by atoms with van der Waals surface area (Å²) in [6.45, 7) is 9.48. The molecule has 0 aromatic carbocycles. The second-order valence-corrected chi connectivity index (χ2v) is 4.76. The Bertz CT molecular complexity index is 358. The van der Waals surface area contributed by atoms with Gasteiger partial charge in [0, 0.05) is 0 Å². The SMILES string of the molecule is Cc1n[nH]c(C)c1NC(=O)COC(C)(C)C. The van der Waals surface area contributed by atoms with Gasteiger partial charge < -0.3 is 10.1 Å². The Hall–Kier alpha value is -1.36. The molecular formula is C11H19N3O2. The van der Waals surface area contributed by atoms with E-state index < -0.39 is 0 Å². The van der Waals surface area contributed by atoms with E-state index in [0.29, 0.717) is 0 Å². The molecule has 0 spiro atoms. The number of hydrogen-bond donors (Lipinski definition) is 2. The van der Waals surface area contributed by atoms with Gasteiger partial charge in [0.25, 0.3) is 0 Å². The second-order valence-electron chi connectivity index (χ2n) is 4.76. The highest BCUT2D eigenvalue weighted by molar-refractivity contribution is 5.92. The topological polar surface area (TPSA) is 67.0 Å². The molecule has 90 valence electrons. The Balaban J connectivity index is 2.53. The maximum Gasteiger partial charge on any atom is 0.250 e. The summed E-state index contributed by atoms with van der Waals surface area (Å²) in [5.41, 5.74) is 2.06. The monoisotopic (exact) mass is 225 g/mol. The van der Waals surface area contributed by atoms with E-state index in [9.17, 15) is 4.79 Å². The van der Waals surface area contributed by atoms with Gasteiger partial charge in [0.15, 0.2) is 0 Å². The number of nitrogens with zero attached hydrogens (tertiary/aromatic N) is 1. The molecule has 1 amide bonds. The van der Waals surface area contributed by atoms with Crippen molar-refractivity contribution in [1.29, 1.82) is 0 Å². The average Bonchev–Trinajstić information content (AvgIpc) is 2.45. The molecule has 0 aliphatic rings. The van der Waals surface area contributed by atoms with Gasteiger partial charge >= 0.3 is 0 Å². The van der Waals surface area contributed by atoms with Crippen molar-refractivity contribution in [2.45, 2.75) is 40.2 Å². The predicted molar refractivity (Wildman–Crippen MR) is 62.4 cm³/mol. The van der Waals surface area contributed by atoms with Crippen LogP contribution in [0.25, 0.3) is 0 Å². The fourth-order valence-electron chi connectivity index (χ4n) is 1.19. The number of hydrogen-bond acceptors (Lipinski definition) is 3. The Labute approximate surface area is 95.6 Å². The van der Waals surface area contributed by atoms with Gasteiger partial charge in [-0.25, -0.2) is 0 Å². The van der Waals surface area contributed by atoms with Crippen LogP contribution in [0.5, 0.6) is 0 Å². The van der Waals surface area contributed by atoms with E-state index in [0.717, 1.165) is 17.1 Å². The van der Waals surface area contributed by atoms with Crippen LogP contribution in [0, 0.1) is 13.8 Å². The van der Waals surface area contributed by atoms with Gasteiger partial charge in [-0.15, -0.1) is 0 Å². The summed E-state index contributed by atoms with van der Waals surface area (Å²) in [7, 11) is 0. The minimum Gasteiger partial charge on any atom is -0.366 e. The van der Waals surface area contributed by atoms with Gasteiger partial charge in [-0.2, -0.15) is 5.10 Å². The summed E-state index contributed by atoms with van der Waals surface area (Å²) in [6.07, 6.45) is 0. The van der Waals surface area contributed by atoms with Gasteiger partial charge in [0.2, 0.25) is 5.91 Å². The number of amides is 1. The number of aromatic nitrogens is 2. The Morgan fingerprint density at radius 2 is 2.06 bits per heavy atom. The molecule has 5 nitrogen and oxygen atoms in total. The third kappa shape index (κ3) is 3.66. The second kappa shape index (κ2) is 4.65. The lowest BCUT2D eigenvalue weighted by Gasteiger charge is -2.18. The normalized spacial score (nSPS) is 11.6. The quantitative estimate of drug-likeness (QED) is 0.824. The molecule has 1 aromatic rings. The third-order valence-electron chi connectivity index (χ3n) is 2.03. The molecule has 5 heteroatoms. The smallest absolute Gasteiger partial charge is 0.250 e. The van der Waals surface area contributed by atoms with E-state index in [1.807, 2.05) is 34.6 Å². The maximum absolute atomic E-state index is 11.6. The zero-order valence-corrected chi connectivity index (χ0v) is 10.5. The van der Waals surface area contributed by atoms with Gasteiger partial charge in [-0.05, 0) is 34.6 Å². The van der Waals surface area contributed by atoms with Crippen LogP contribution in [0.4, 0.5) is 5.69 Å². The molecule has 1 rings (SSSR count). The Morgan fingerprint density at radius 3 is 2.50 bits per heavy atom. The van der Waals surface area contributed by atoms with Crippen molar-refractivity contribution in [3.8, 4) is 0 Å². The van der Waals surface area contributed by atoms with E-state index in [2.05, 4.69) is 15.5 Å². The minimum absolute atomic E-state index is 0.0492. The predicted octanol–water partition coefficient (Wildman–Crippen LogP) is 1.78. The number of ether oxygens (including phenoxy) is 1. The van der Waals surface area contributed by atoms with E-state index in [1.165, 1.54) is 0 Å². The van der Waals surface area contributed by atoms with Crippen molar-refractivity contribution < 1.29 is 9.53 Å². The van der Waals surface area contributed by atoms with Crippen LogP contribution < -0.4 is 5.32 Å². The van der Waals surface area contributed by atoms with E-state index in [-0.39, 0.29) is 18.1 Å². The molecule has 0 fully saturated rings. The number of H-pyrrole nitrogens is 1. The number of aromatic amines is 1. The number of carbonyl (C=O) groups excluding carboxylic acids is 1. The van der Waals surface area contributed by atoms with Crippen LogP contribution >= 0.6 is 0 Å². The summed E-state index contributed by atoms with van der Waals surface area (Å²) in [5, 5.41) is 9.58. The summed E-state index contributed by atoms with van der Waals surface area (Å²) in [4.78, 5) is 11.6. The number of nitrogens with one attached hydrogen (secondary N) is 2. The van der Waals surface area contributed by atoms with Crippen LogP contribution in [-0.4, -0.2) is 28.3 Å². The van der Waals surface area contributed by atoms with E-state index >= 15 is 0 Å². The van der Waals surface area contributed by atoms with Crippen LogP contribution in [-0.2, 0) is 9.53 Å². The van der Waals surface area contributed by atoms with Crippen LogP contribution in [0.3, 0.4) is 0 Å². The van der Waals surface area contributed by atoms with Crippen LogP contribution in [0.1, 0.15) is 32.2 Å². The van der Waals surface area contributed by atoms with Crippen molar-refractivity contribution in [1.82, 2.24) is 10.2 Å². The summed E-state index contributed by atoms with van der Waals surface area (Å²) in [5.74, 6) is -0.164. The molecule has 0 atom stereocenters. The maximum atomic E-state index is 11.6. The lowest BCUT2D eigenvalue weighted by atomic mass is 10.2. The molecule has 1 aromatic heterocycles. The molecule has 0 radical (unpaired) electrons. The molecule has 2 N–H and O–H groups in total. The van der Waals surface area contributed by atoms with Crippen LogP contribution in [0.2, 0.25) is 0 Å². The Kier molecular flexibility index (Phi) is 3.70. The molecule has 1 heterocycles. The number of aryl methyl sites for hydroxylation is 2. The zero-order valence-electron chi connectivity index (χ0n) is 10.5. The molecule has 0 bridgehead atoms. The first-order valence-electron chi connectivity index (χ1n) is 5.25. The van der Waals surface area contributed by atoms with Crippen molar-refractivity contribution in [3.05, 3.63) is 11.4 Å². The van der Waals surface area contributed by atoms with Gasteiger partial charge in [-0.1, -0.05) is 0 Å². The highest BCUT2D eigenvalue weighted by atomic mass is 16.5. The first-order valence-corrected chi connectivity index (χ1v) is 5.25. The largest absolute Gasteiger partial charge is 0.366 e. The fraction of sp³-hybridized carbons (Fsp3) is 0.636. The summed E-state index contributed by atoms with van der Waals surface area (Å²) < 4.78 is 5.38. The summed E-state index contributed by atoms with van der Waals surface area (Å²) in [6, 6.07) is 0. The minimum atomic E-state index is -0.308. The van der Waals surface area contributed by atoms with Crippen molar-refractivity contribution in [2.24, 2.45) is 0 Å². The molecule has 0 aliphatic carbocycles. The lowest BCUT2D eigenvalue weighted by molar-refractivity contribution is -0.125. The van der Waals surface area contributed by atoms with Crippen LogP contribution in [0.15, 0.2) is 0 Å². The third-order valence-corrected chi connectivity index (χ3v) is 2.03. The molecule has 0 aliphatic heterocycles. The Morgan fingerprint density at radius 1 is 1.44 bits per heavy atom. The lowest BCUT2D eigenvalue weighted by Crippen LogP contribution is -2.27. The van der Waals surface area contributed by atoms with E-state index in [1.54, 1.807) is 0 Å².